The molecule has 0 saturated heterocycles. The van der Waals surface area contributed by atoms with Crippen LogP contribution in [0.4, 0.5) is 5.69 Å². The summed E-state index contributed by atoms with van der Waals surface area (Å²) < 4.78 is 2.11. The molecule has 0 atom stereocenters. The number of amides is 1. The molecule has 5 heteroatoms. The number of hydrogen-bond acceptors (Lipinski definition) is 3. The highest BCUT2D eigenvalue weighted by Crippen LogP contribution is 2.29. The van der Waals surface area contributed by atoms with Crippen molar-refractivity contribution in [2.45, 2.75) is 45.1 Å². The van der Waals surface area contributed by atoms with Gasteiger partial charge in [0.05, 0.1) is 11.6 Å². The Morgan fingerprint density at radius 2 is 2.00 bits per heavy atom. The number of nitrogens with one attached hydrogen (secondary N) is 1. The second-order valence-corrected chi connectivity index (χ2v) is 6.79. The van der Waals surface area contributed by atoms with E-state index >= 15 is 0 Å². The SMILES string of the molecule is Cc1cccc(C(=O)Nc2ccc3nn(C4CCCCC4)cc3c2)n1. The topological polar surface area (TPSA) is 59.8 Å². The largest absolute Gasteiger partial charge is 0.321 e. The maximum atomic E-state index is 12.4. The van der Waals surface area contributed by atoms with E-state index in [-0.39, 0.29) is 5.91 Å². The lowest BCUT2D eigenvalue weighted by Crippen LogP contribution is -2.13. The molecule has 2 aromatic heterocycles. The lowest BCUT2D eigenvalue weighted by atomic mass is 9.96. The molecule has 128 valence electrons. The third-order valence-electron chi connectivity index (χ3n) is 4.85. The van der Waals surface area contributed by atoms with Crippen LogP contribution in [0.2, 0.25) is 0 Å². The summed E-state index contributed by atoms with van der Waals surface area (Å²) in [5, 5.41) is 8.70. The third kappa shape index (κ3) is 3.40. The first-order chi connectivity index (χ1) is 12.2. The molecule has 0 spiro atoms. The predicted molar refractivity (Wildman–Crippen MR) is 98.8 cm³/mol. The monoisotopic (exact) mass is 334 g/mol. The van der Waals surface area contributed by atoms with Gasteiger partial charge in [0, 0.05) is 23.0 Å². The van der Waals surface area contributed by atoms with Crippen LogP contribution in [0.5, 0.6) is 0 Å². The van der Waals surface area contributed by atoms with E-state index in [2.05, 4.69) is 21.2 Å². The molecule has 2 heterocycles. The van der Waals surface area contributed by atoms with Crippen molar-refractivity contribution >= 4 is 22.5 Å². The molecule has 0 radical (unpaired) electrons. The molecule has 1 aromatic carbocycles. The van der Waals surface area contributed by atoms with E-state index in [1.165, 1.54) is 32.1 Å². The van der Waals surface area contributed by atoms with Gasteiger partial charge in [-0.3, -0.25) is 9.48 Å². The molecule has 0 unspecified atom stereocenters. The van der Waals surface area contributed by atoms with Crippen molar-refractivity contribution in [1.82, 2.24) is 14.8 Å². The van der Waals surface area contributed by atoms with E-state index in [1.807, 2.05) is 37.3 Å². The van der Waals surface area contributed by atoms with Crippen molar-refractivity contribution in [3.05, 3.63) is 54.0 Å². The minimum atomic E-state index is -0.192. The molecule has 3 aromatic rings. The van der Waals surface area contributed by atoms with E-state index in [9.17, 15) is 4.79 Å². The standard InChI is InChI=1S/C20H22N4O/c1-14-6-5-9-19(21-14)20(25)22-16-10-11-18-15(12-16)13-24(23-18)17-7-3-2-4-8-17/h5-6,9-13,17H,2-4,7-8H2,1H3,(H,22,25). The average Bonchev–Trinajstić information content (AvgIpc) is 3.06. The van der Waals surface area contributed by atoms with Crippen LogP contribution in [0.15, 0.2) is 42.6 Å². The zero-order valence-corrected chi connectivity index (χ0v) is 14.4. The van der Waals surface area contributed by atoms with E-state index < -0.39 is 0 Å². The second kappa shape index (κ2) is 6.67. The molecule has 4 rings (SSSR count). The van der Waals surface area contributed by atoms with Crippen LogP contribution in [0.1, 0.15) is 54.3 Å². The van der Waals surface area contributed by atoms with Gasteiger partial charge < -0.3 is 5.32 Å². The molecular weight excluding hydrogens is 312 g/mol. The first-order valence-electron chi connectivity index (χ1n) is 8.93. The van der Waals surface area contributed by atoms with Gasteiger partial charge >= 0.3 is 0 Å². The second-order valence-electron chi connectivity index (χ2n) is 6.79. The Hall–Kier alpha value is -2.69. The van der Waals surface area contributed by atoms with Gasteiger partial charge in [-0.1, -0.05) is 25.3 Å². The molecule has 1 fully saturated rings. The summed E-state index contributed by atoms with van der Waals surface area (Å²) in [7, 11) is 0. The van der Waals surface area contributed by atoms with Crippen LogP contribution in [-0.2, 0) is 0 Å². The zero-order chi connectivity index (χ0) is 17.2. The highest BCUT2D eigenvalue weighted by atomic mass is 16.1. The van der Waals surface area contributed by atoms with Gasteiger partial charge in [0.15, 0.2) is 0 Å². The average molecular weight is 334 g/mol. The van der Waals surface area contributed by atoms with Crippen LogP contribution < -0.4 is 5.32 Å². The number of pyridine rings is 1. The molecular formula is C20H22N4O. The lowest BCUT2D eigenvalue weighted by molar-refractivity contribution is 0.102. The van der Waals surface area contributed by atoms with Crippen molar-refractivity contribution in [3.8, 4) is 0 Å². The van der Waals surface area contributed by atoms with Crippen molar-refractivity contribution in [1.29, 1.82) is 0 Å². The Morgan fingerprint density at radius 1 is 1.16 bits per heavy atom. The van der Waals surface area contributed by atoms with Gasteiger partial charge in [-0.2, -0.15) is 5.10 Å². The third-order valence-corrected chi connectivity index (χ3v) is 4.85. The van der Waals surface area contributed by atoms with Crippen molar-refractivity contribution in [3.63, 3.8) is 0 Å². The molecule has 1 aliphatic rings. The van der Waals surface area contributed by atoms with Gasteiger partial charge in [-0.25, -0.2) is 4.98 Å². The van der Waals surface area contributed by atoms with Crippen molar-refractivity contribution in [2.24, 2.45) is 0 Å². The Morgan fingerprint density at radius 3 is 2.80 bits per heavy atom. The summed E-state index contributed by atoms with van der Waals surface area (Å²) in [6.45, 7) is 1.88. The molecule has 25 heavy (non-hydrogen) atoms. The number of carbonyl (C=O) groups excluding carboxylic acids is 1. The summed E-state index contributed by atoms with van der Waals surface area (Å²) in [5.41, 5.74) is 3.00. The van der Waals surface area contributed by atoms with Crippen molar-refractivity contribution in [2.75, 3.05) is 5.32 Å². The van der Waals surface area contributed by atoms with Crippen LogP contribution in [-0.4, -0.2) is 20.7 Å². The van der Waals surface area contributed by atoms with Crippen LogP contribution in [0, 0.1) is 6.92 Å². The van der Waals surface area contributed by atoms with Gasteiger partial charge in [0.2, 0.25) is 0 Å². The number of benzene rings is 1. The van der Waals surface area contributed by atoms with E-state index in [0.717, 1.165) is 22.3 Å². The molecule has 1 aliphatic carbocycles. The van der Waals surface area contributed by atoms with E-state index in [1.54, 1.807) is 6.07 Å². The normalized spacial score (nSPS) is 15.4. The molecule has 1 N–H and O–H groups in total. The summed E-state index contributed by atoms with van der Waals surface area (Å²) in [6.07, 6.45) is 8.41. The van der Waals surface area contributed by atoms with Crippen LogP contribution in [0.3, 0.4) is 0 Å². The number of rotatable bonds is 3. The fourth-order valence-electron chi connectivity index (χ4n) is 3.52. The molecule has 0 bridgehead atoms. The fraction of sp³-hybridized carbons (Fsp3) is 0.350. The van der Waals surface area contributed by atoms with Gasteiger partial charge in [-0.15, -0.1) is 0 Å². The van der Waals surface area contributed by atoms with E-state index in [0.29, 0.717) is 11.7 Å². The van der Waals surface area contributed by atoms with Gasteiger partial charge in [-0.05, 0) is 50.1 Å². The van der Waals surface area contributed by atoms with Gasteiger partial charge in [0.1, 0.15) is 5.69 Å². The first kappa shape index (κ1) is 15.8. The summed E-state index contributed by atoms with van der Waals surface area (Å²) >= 11 is 0. The predicted octanol–water partition coefficient (Wildman–Crippen LogP) is 4.50. The first-order valence-corrected chi connectivity index (χ1v) is 8.93. The number of aryl methyl sites for hydroxylation is 1. The quantitative estimate of drug-likeness (QED) is 0.767. The molecule has 1 saturated carbocycles. The van der Waals surface area contributed by atoms with Gasteiger partial charge in [0.25, 0.3) is 5.91 Å². The summed E-state index contributed by atoms with van der Waals surface area (Å²) in [4.78, 5) is 16.6. The minimum Gasteiger partial charge on any atom is -0.321 e. The van der Waals surface area contributed by atoms with E-state index in [4.69, 9.17) is 5.10 Å². The zero-order valence-electron chi connectivity index (χ0n) is 14.4. The van der Waals surface area contributed by atoms with Crippen LogP contribution >= 0.6 is 0 Å². The number of hydrogen-bond donors (Lipinski definition) is 1. The number of nitrogens with zero attached hydrogens (tertiary/aromatic N) is 3. The molecule has 0 aliphatic heterocycles. The number of aromatic nitrogens is 3. The number of carbonyl (C=O) groups is 1. The smallest absolute Gasteiger partial charge is 0.274 e. The van der Waals surface area contributed by atoms with Crippen molar-refractivity contribution < 1.29 is 4.79 Å². The summed E-state index contributed by atoms with van der Waals surface area (Å²) in [5.74, 6) is -0.192. The molecule has 5 nitrogen and oxygen atoms in total. The maximum absolute atomic E-state index is 12.4. The summed E-state index contributed by atoms with van der Waals surface area (Å²) in [6, 6.07) is 11.8. The Kier molecular flexibility index (Phi) is 4.22. The highest BCUT2D eigenvalue weighted by molar-refractivity contribution is 6.03. The molecule has 1 amide bonds. The maximum Gasteiger partial charge on any atom is 0.274 e. The fourth-order valence-corrected chi connectivity index (χ4v) is 3.52. The lowest BCUT2D eigenvalue weighted by Gasteiger charge is -2.21. The Balaban J connectivity index is 1.55. The highest BCUT2D eigenvalue weighted by Gasteiger charge is 2.16. The number of anilines is 1. The minimum absolute atomic E-state index is 0.192. The Bertz CT molecular complexity index is 909. The Labute approximate surface area is 147 Å². The van der Waals surface area contributed by atoms with Crippen LogP contribution in [0.25, 0.3) is 10.9 Å². The number of fused-ring (bicyclic) bond motifs is 1.